The second-order valence-corrected chi connectivity index (χ2v) is 9.06. The highest BCUT2D eigenvalue weighted by Gasteiger charge is 2.21. The van der Waals surface area contributed by atoms with E-state index < -0.39 is 11.5 Å². The fourth-order valence-corrected chi connectivity index (χ4v) is 4.63. The van der Waals surface area contributed by atoms with E-state index in [2.05, 4.69) is 15.3 Å². The minimum Gasteiger partial charge on any atom is -0.349 e. The summed E-state index contributed by atoms with van der Waals surface area (Å²) in [5.74, 6) is -0.766. The molecule has 0 atom stereocenters. The Morgan fingerprint density at radius 1 is 1.06 bits per heavy atom. The van der Waals surface area contributed by atoms with E-state index in [9.17, 15) is 14.0 Å². The molecule has 0 unspecified atom stereocenters. The van der Waals surface area contributed by atoms with Gasteiger partial charge >= 0.3 is 0 Å². The molecule has 0 radical (unpaired) electrons. The summed E-state index contributed by atoms with van der Waals surface area (Å²) in [5.41, 5.74) is 2.48. The van der Waals surface area contributed by atoms with E-state index in [1.807, 2.05) is 12.1 Å². The van der Waals surface area contributed by atoms with Crippen molar-refractivity contribution in [2.24, 2.45) is 0 Å². The molecule has 0 spiro atoms. The molecule has 180 valence electrons. The molecule has 4 aromatic rings. The van der Waals surface area contributed by atoms with Gasteiger partial charge in [0.1, 0.15) is 23.1 Å². The van der Waals surface area contributed by atoms with Gasteiger partial charge in [0.25, 0.3) is 11.5 Å². The zero-order valence-electron chi connectivity index (χ0n) is 19.6. The summed E-state index contributed by atoms with van der Waals surface area (Å²) in [4.78, 5) is 35.6. The molecule has 0 bridgehead atoms. The van der Waals surface area contributed by atoms with E-state index in [1.54, 1.807) is 36.5 Å². The van der Waals surface area contributed by atoms with Gasteiger partial charge in [-0.15, -0.1) is 0 Å². The Balaban J connectivity index is 1.60. The number of nitrogens with zero attached hydrogens (tertiary/aromatic N) is 4. The Bertz CT molecular complexity index is 1520. The van der Waals surface area contributed by atoms with Crippen molar-refractivity contribution in [2.75, 3.05) is 0 Å². The van der Waals surface area contributed by atoms with E-state index in [1.165, 1.54) is 22.9 Å². The Labute approximate surface area is 207 Å². The van der Waals surface area contributed by atoms with Gasteiger partial charge in [-0.3, -0.25) is 19.1 Å². The molecule has 3 aromatic heterocycles. The van der Waals surface area contributed by atoms with Gasteiger partial charge in [0, 0.05) is 29.4 Å². The molecule has 1 fully saturated rings. The summed E-state index contributed by atoms with van der Waals surface area (Å²) in [7, 11) is 0. The largest absolute Gasteiger partial charge is 0.349 e. The number of hydrogen-bond donors (Lipinski definition) is 1. The number of amides is 1. The number of carbonyl (C=O) groups excluding carboxylic acids is 1. The fraction of sp³-hybridized carbons (Fsp3) is 0.250. The van der Waals surface area contributed by atoms with Gasteiger partial charge in [0.05, 0.1) is 17.8 Å². The van der Waals surface area contributed by atoms with Gasteiger partial charge in [-0.25, -0.2) is 9.37 Å². The average molecular weight is 482 g/mol. The van der Waals surface area contributed by atoms with Gasteiger partial charge in [0.15, 0.2) is 0 Å². The first-order chi connectivity index (χ1) is 17.5. The lowest BCUT2D eigenvalue weighted by atomic mass is 9.95. The van der Waals surface area contributed by atoms with Crippen molar-refractivity contribution in [1.29, 1.82) is 5.26 Å². The minimum absolute atomic E-state index is 0.0434. The topological polar surface area (TPSA) is 101 Å². The lowest BCUT2D eigenvalue weighted by Crippen LogP contribution is -2.40. The molecule has 8 heteroatoms. The Hall–Kier alpha value is -4.38. The zero-order valence-corrected chi connectivity index (χ0v) is 19.6. The number of nitriles is 1. The Kier molecular flexibility index (Phi) is 6.54. The van der Waals surface area contributed by atoms with Crippen molar-refractivity contribution in [3.63, 3.8) is 0 Å². The van der Waals surface area contributed by atoms with Gasteiger partial charge in [-0.1, -0.05) is 31.4 Å². The average Bonchev–Trinajstić information content (AvgIpc) is 2.91. The predicted molar refractivity (Wildman–Crippen MR) is 134 cm³/mol. The van der Waals surface area contributed by atoms with Crippen LogP contribution in [-0.4, -0.2) is 26.5 Å². The second kappa shape index (κ2) is 10.1. The van der Waals surface area contributed by atoms with Crippen LogP contribution >= 0.6 is 0 Å². The summed E-state index contributed by atoms with van der Waals surface area (Å²) in [6.07, 6.45) is 8.17. The number of benzene rings is 1. The first-order valence-corrected chi connectivity index (χ1v) is 12.0. The van der Waals surface area contributed by atoms with Crippen LogP contribution in [0.5, 0.6) is 0 Å². The minimum atomic E-state index is -0.447. The SMILES string of the molecule is N#Cc1ccc(-c2cnc3c(c2)cc(C(=O)NC2CCCCC2)c(=O)n3Cc2ccc(F)cc2)nc1. The van der Waals surface area contributed by atoms with Crippen molar-refractivity contribution in [3.05, 3.63) is 93.8 Å². The van der Waals surface area contributed by atoms with Crippen LogP contribution in [0.2, 0.25) is 0 Å². The summed E-state index contributed by atoms with van der Waals surface area (Å²) >= 11 is 0. The lowest BCUT2D eigenvalue weighted by molar-refractivity contribution is 0.0926. The first-order valence-electron chi connectivity index (χ1n) is 12.0. The molecule has 1 aliphatic rings. The quantitative estimate of drug-likeness (QED) is 0.450. The number of aromatic nitrogens is 3. The van der Waals surface area contributed by atoms with Crippen LogP contribution in [0.15, 0.2) is 65.7 Å². The van der Waals surface area contributed by atoms with E-state index in [0.717, 1.165) is 32.1 Å². The summed E-state index contributed by atoms with van der Waals surface area (Å²) in [6, 6.07) is 14.8. The van der Waals surface area contributed by atoms with Crippen molar-refractivity contribution >= 4 is 16.9 Å². The summed E-state index contributed by atoms with van der Waals surface area (Å²) in [5, 5.41) is 12.7. The van der Waals surface area contributed by atoms with Crippen molar-refractivity contribution in [2.45, 2.75) is 44.7 Å². The molecular weight excluding hydrogens is 457 g/mol. The number of nitrogens with one attached hydrogen (secondary N) is 1. The van der Waals surface area contributed by atoms with Crippen molar-refractivity contribution in [1.82, 2.24) is 19.9 Å². The summed E-state index contributed by atoms with van der Waals surface area (Å²) in [6.45, 7) is 0.141. The fourth-order valence-electron chi connectivity index (χ4n) is 4.63. The Morgan fingerprint density at radius 3 is 2.53 bits per heavy atom. The lowest BCUT2D eigenvalue weighted by Gasteiger charge is -2.23. The van der Waals surface area contributed by atoms with E-state index in [0.29, 0.717) is 33.4 Å². The van der Waals surface area contributed by atoms with Crippen molar-refractivity contribution < 1.29 is 9.18 Å². The number of rotatable bonds is 5. The van der Waals surface area contributed by atoms with Gasteiger partial charge in [-0.05, 0) is 54.8 Å². The number of hydrogen-bond acceptors (Lipinski definition) is 5. The number of pyridine rings is 3. The van der Waals surface area contributed by atoms with Crippen LogP contribution in [0, 0.1) is 17.1 Å². The van der Waals surface area contributed by atoms with Gasteiger partial charge < -0.3 is 5.32 Å². The second-order valence-electron chi connectivity index (χ2n) is 9.06. The highest BCUT2D eigenvalue weighted by molar-refractivity contribution is 5.97. The van der Waals surface area contributed by atoms with E-state index in [-0.39, 0.29) is 24.0 Å². The molecule has 5 rings (SSSR count). The molecule has 0 saturated heterocycles. The molecule has 7 nitrogen and oxygen atoms in total. The maximum absolute atomic E-state index is 13.5. The van der Waals surface area contributed by atoms with Crippen LogP contribution in [0.3, 0.4) is 0 Å². The molecule has 3 heterocycles. The van der Waals surface area contributed by atoms with Crippen LogP contribution in [-0.2, 0) is 6.54 Å². The molecular formula is C28H24FN5O2. The third kappa shape index (κ3) is 4.86. The van der Waals surface area contributed by atoms with Gasteiger partial charge in [0.2, 0.25) is 0 Å². The highest BCUT2D eigenvalue weighted by atomic mass is 19.1. The van der Waals surface area contributed by atoms with Crippen LogP contribution in [0.25, 0.3) is 22.3 Å². The Morgan fingerprint density at radius 2 is 1.83 bits per heavy atom. The number of fused-ring (bicyclic) bond motifs is 1. The first kappa shape index (κ1) is 23.4. The normalized spacial score (nSPS) is 13.9. The van der Waals surface area contributed by atoms with Gasteiger partial charge in [-0.2, -0.15) is 5.26 Å². The van der Waals surface area contributed by atoms with Crippen molar-refractivity contribution in [3.8, 4) is 17.3 Å². The standard InChI is InChI=1S/C28H24FN5O2/c29-22-9-6-18(7-10-22)17-34-26-20(12-21(16-32-26)25-11-8-19(14-30)15-31-25)13-24(28(34)36)27(35)33-23-4-2-1-3-5-23/h6-13,15-16,23H,1-5,17H2,(H,33,35). The maximum Gasteiger partial charge on any atom is 0.265 e. The molecule has 36 heavy (non-hydrogen) atoms. The molecule has 1 aliphatic carbocycles. The highest BCUT2D eigenvalue weighted by Crippen LogP contribution is 2.23. The maximum atomic E-state index is 13.5. The number of carbonyl (C=O) groups is 1. The third-order valence-electron chi connectivity index (χ3n) is 6.55. The molecule has 0 aliphatic heterocycles. The zero-order chi connectivity index (χ0) is 25.1. The van der Waals surface area contributed by atoms with Crippen LogP contribution in [0.4, 0.5) is 4.39 Å². The smallest absolute Gasteiger partial charge is 0.265 e. The molecule has 1 saturated carbocycles. The van der Waals surface area contributed by atoms with E-state index >= 15 is 0 Å². The third-order valence-corrected chi connectivity index (χ3v) is 6.55. The predicted octanol–water partition coefficient (Wildman–Crippen LogP) is 4.58. The number of halogens is 1. The van der Waals surface area contributed by atoms with Crippen LogP contribution in [0.1, 0.15) is 53.6 Å². The monoisotopic (exact) mass is 481 g/mol. The molecule has 1 amide bonds. The van der Waals surface area contributed by atoms with Crippen LogP contribution < -0.4 is 10.9 Å². The molecule has 1 aromatic carbocycles. The molecule has 1 N–H and O–H groups in total. The summed E-state index contributed by atoms with van der Waals surface area (Å²) < 4.78 is 14.9. The van der Waals surface area contributed by atoms with E-state index in [4.69, 9.17) is 5.26 Å².